The maximum absolute atomic E-state index is 12.2. The second-order valence-corrected chi connectivity index (χ2v) is 3.33. The molecule has 0 saturated heterocycles. The van der Waals surface area contributed by atoms with Gasteiger partial charge in [0, 0.05) is 13.1 Å². The summed E-state index contributed by atoms with van der Waals surface area (Å²) in [7, 11) is 0. The molecule has 1 unspecified atom stereocenters. The van der Waals surface area contributed by atoms with E-state index < -0.39 is 24.6 Å². The molecule has 0 heterocycles. The highest BCUT2D eigenvalue weighted by Crippen LogP contribution is 2.25. The lowest BCUT2D eigenvalue weighted by Gasteiger charge is -2.16. The zero-order valence-corrected chi connectivity index (χ0v) is 9.29. The molecular weight excluding hydrogens is 239 g/mol. The topological polar surface area (TPSA) is 58.6 Å². The number of alkyl halides is 3. The van der Waals surface area contributed by atoms with E-state index in [1.165, 1.54) is 0 Å². The van der Waals surface area contributed by atoms with Crippen molar-refractivity contribution in [3.05, 3.63) is 12.7 Å². The van der Waals surface area contributed by atoms with Gasteiger partial charge < -0.3 is 15.2 Å². The van der Waals surface area contributed by atoms with Crippen LogP contribution in [0.1, 0.15) is 6.42 Å². The van der Waals surface area contributed by atoms with Gasteiger partial charge in [-0.05, 0) is 6.42 Å². The first kappa shape index (κ1) is 15.9. The summed E-state index contributed by atoms with van der Waals surface area (Å²) < 4.78 is 41.6. The minimum Gasteiger partial charge on any atom is -0.481 e. The molecule has 0 aliphatic carbocycles. The maximum atomic E-state index is 12.2. The van der Waals surface area contributed by atoms with E-state index in [2.05, 4.69) is 11.9 Å². The van der Waals surface area contributed by atoms with Crippen LogP contribution in [0, 0.1) is 5.92 Å². The fourth-order valence-corrected chi connectivity index (χ4v) is 1.00. The molecule has 0 spiro atoms. The average Bonchev–Trinajstić information content (AvgIpc) is 2.19. The molecule has 0 aromatic carbocycles. The molecule has 0 aliphatic heterocycles. The van der Waals surface area contributed by atoms with Gasteiger partial charge in [-0.15, -0.1) is 6.58 Å². The Hall–Kier alpha value is -1.08. The summed E-state index contributed by atoms with van der Waals surface area (Å²) in [4.78, 5) is 10.3. The summed E-state index contributed by atoms with van der Waals surface area (Å²) in [5.41, 5.74) is 0. The van der Waals surface area contributed by atoms with Crippen molar-refractivity contribution >= 4 is 5.97 Å². The normalized spacial score (nSPS) is 13.4. The Kier molecular flexibility index (Phi) is 7.56. The van der Waals surface area contributed by atoms with Gasteiger partial charge in [-0.25, -0.2) is 0 Å². The summed E-state index contributed by atoms with van der Waals surface area (Å²) in [6.07, 6.45) is -2.40. The standard InChI is InChI=1S/C10H16F3NO3/c1-2-3-5-17-6-4-14-7-8(9(15)16)10(11,12)13/h2,8,14H,1,3-7H2,(H,15,16). The number of rotatable bonds is 9. The molecule has 4 nitrogen and oxygen atoms in total. The van der Waals surface area contributed by atoms with Crippen molar-refractivity contribution in [3.8, 4) is 0 Å². The molecule has 0 saturated carbocycles. The van der Waals surface area contributed by atoms with Gasteiger partial charge in [0.1, 0.15) is 0 Å². The van der Waals surface area contributed by atoms with Crippen LogP contribution in [0.5, 0.6) is 0 Å². The van der Waals surface area contributed by atoms with Gasteiger partial charge in [-0.2, -0.15) is 13.2 Å². The van der Waals surface area contributed by atoms with Crippen LogP contribution in [0.3, 0.4) is 0 Å². The monoisotopic (exact) mass is 255 g/mol. The summed E-state index contributed by atoms with van der Waals surface area (Å²) in [6.45, 7) is 3.69. The number of hydrogen-bond acceptors (Lipinski definition) is 3. The van der Waals surface area contributed by atoms with Gasteiger partial charge in [-0.1, -0.05) is 6.08 Å². The van der Waals surface area contributed by atoms with E-state index in [0.717, 1.165) is 0 Å². The Morgan fingerprint density at radius 1 is 1.47 bits per heavy atom. The summed E-state index contributed by atoms with van der Waals surface area (Å²) in [5, 5.41) is 10.8. The third-order valence-corrected chi connectivity index (χ3v) is 1.93. The second kappa shape index (κ2) is 8.08. The van der Waals surface area contributed by atoms with Crippen LogP contribution in [-0.2, 0) is 9.53 Å². The van der Waals surface area contributed by atoms with Gasteiger partial charge in [-0.3, -0.25) is 4.79 Å². The molecule has 0 aromatic rings. The predicted molar refractivity (Wildman–Crippen MR) is 55.7 cm³/mol. The van der Waals surface area contributed by atoms with E-state index in [1.807, 2.05) is 0 Å². The van der Waals surface area contributed by atoms with Crippen LogP contribution >= 0.6 is 0 Å². The Morgan fingerprint density at radius 3 is 2.59 bits per heavy atom. The van der Waals surface area contributed by atoms with E-state index in [1.54, 1.807) is 6.08 Å². The number of nitrogens with one attached hydrogen (secondary N) is 1. The first-order chi connectivity index (χ1) is 7.89. The second-order valence-electron chi connectivity index (χ2n) is 3.33. The third-order valence-electron chi connectivity index (χ3n) is 1.93. The number of ether oxygens (including phenoxy) is 1. The van der Waals surface area contributed by atoms with E-state index in [-0.39, 0.29) is 13.2 Å². The Labute approximate surface area is 97.4 Å². The number of carbonyl (C=O) groups is 1. The van der Waals surface area contributed by atoms with Gasteiger partial charge >= 0.3 is 12.1 Å². The largest absolute Gasteiger partial charge is 0.481 e. The lowest BCUT2D eigenvalue weighted by molar-refractivity contribution is -0.192. The highest BCUT2D eigenvalue weighted by Gasteiger charge is 2.44. The van der Waals surface area contributed by atoms with Crippen LogP contribution in [-0.4, -0.2) is 43.6 Å². The lowest BCUT2D eigenvalue weighted by atomic mass is 10.1. The molecule has 17 heavy (non-hydrogen) atoms. The molecule has 2 N–H and O–H groups in total. The van der Waals surface area contributed by atoms with Gasteiger partial charge in [0.15, 0.2) is 5.92 Å². The quantitative estimate of drug-likeness (QED) is 0.483. The van der Waals surface area contributed by atoms with E-state index in [9.17, 15) is 18.0 Å². The average molecular weight is 255 g/mol. The molecule has 1 atom stereocenters. The maximum Gasteiger partial charge on any atom is 0.403 e. The van der Waals surface area contributed by atoms with Crippen molar-refractivity contribution in [2.24, 2.45) is 5.92 Å². The number of carboxylic acids is 1. The molecule has 0 bridgehead atoms. The molecule has 0 amide bonds. The van der Waals surface area contributed by atoms with E-state index in [0.29, 0.717) is 13.0 Å². The number of hydrogen-bond donors (Lipinski definition) is 2. The number of aliphatic carboxylic acids is 1. The molecular formula is C10H16F3NO3. The van der Waals surface area contributed by atoms with Crippen LogP contribution in [0.15, 0.2) is 12.7 Å². The van der Waals surface area contributed by atoms with Crippen molar-refractivity contribution in [3.63, 3.8) is 0 Å². The van der Waals surface area contributed by atoms with Gasteiger partial charge in [0.25, 0.3) is 0 Å². The predicted octanol–water partition coefficient (Wildman–Crippen LogP) is 1.43. The number of carboxylic acid groups (broad SMARTS) is 1. The zero-order valence-electron chi connectivity index (χ0n) is 9.29. The highest BCUT2D eigenvalue weighted by atomic mass is 19.4. The van der Waals surface area contributed by atoms with Gasteiger partial charge in [0.2, 0.25) is 0 Å². The molecule has 0 radical (unpaired) electrons. The third kappa shape index (κ3) is 7.76. The van der Waals surface area contributed by atoms with Gasteiger partial charge in [0.05, 0.1) is 13.2 Å². The van der Waals surface area contributed by atoms with Crippen LogP contribution in [0.2, 0.25) is 0 Å². The highest BCUT2D eigenvalue weighted by molar-refractivity contribution is 5.71. The van der Waals surface area contributed by atoms with Crippen molar-refractivity contribution in [1.29, 1.82) is 0 Å². The van der Waals surface area contributed by atoms with Crippen LogP contribution < -0.4 is 5.32 Å². The van der Waals surface area contributed by atoms with Crippen LogP contribution in [0.25, 0.3) is 0 Å². The Balaban J connectivity index is 3.70. The molecule has 0 aliphatic rings. The zero-order chi connectivity index (χ0) is 13.3. The Morgan fingerprint density at radius 2 is 2.12 bits per heavy atom. The summed E-state index contributed by atoms with van der Waals surface area (Å²) in [6, 6.07) is 0. The fourth-order valence-electron chi connectivity index (χ4n) is 1.00. The summed E-state index contributed by atoms with van der Waals surface area (Å²) in [5.74, 6) is -4.26. The van der Waals surface area contributed by atoms with Crippen LogP contribution in [0.4, 0.5) is 13.2 Å². The van der Waals surface area contributed by atoms with Crippen molar-refractivity contribution in [2.75, 3.05) is 26.3 Å². The molecule has 0 aromatic heterocycles. The first-order valence-electron chi connectivity index (χ1n) is 5.08. The molecule has 7 heteroatoms. The smallest absolute Gasteiger partial charge is 0.403 e. The van der Waals surface area contributed by atoms with E-state index >= 15 is 0 Å². The number of halogens is 3. The van der Waals surface area contributed by atoms with Crippen molar-refractivity contribution in [2.45, 2.75) is 12.6 Å². The Bertz CT molecular complexity index is 243. The fraction of sp³-hybridized carbons (Fsp3) is 0.700. The molecule has 0 rings (SSSR count). The minimum atomic E-state index is -4.73. The minimum absolute atomic E-state index is 0.178. The lowest BCUT2D eigenvalue weighted by Crippen LogP contribution is -2.40. The van der Waals surface area contributed by atoms with E-state index in [4.69, 9.17) is 9.84 Å². The molecule has 100 valence electrons. The first-order valence-corrected chi connectivity index (χ1v) is 5.08. The summed E-state index contributed by atoms with van der Waals surface area (Å²) >= 11 is 0. The van der Waals surface area contributed by atoms with Crippen molar-refractivity contribution in [1.82, 2.24) is 5.32 Å². The van der Waals surface area contributed by atoms with Crippen molar-refractivity contribution < 1.29 is 27.8 Å². The SMILES string of the molecule is C=CCCOCCNCC(C(=O)O)C(F)(F)F. The molecule has 0 fully saturated rings.